The van der Waals surface area contributed by atoms with Gasteiger partial charge in [0.25, 0.3) is 0 Å². The van der Waals surface area contributed by atoms with Gasteiger partial charge < -0.3 is 0 Å². The number of hydrogen-bond acceptors (Lipinski definition) is 0. The second-order valence-corrected chi connectivity index (χ2v) is 4.92. The third kappa shape index (κ3) is 3.62. The predicted octanol–water partition coefficient (Wildman–Crippen LogP) is 5.33. The Morgan fingerprint density at radius 1 is 1.28 bits per heavy atom. The quantitative estimate of drug-likeness (QED) is 0.639. The Morgan fingerprint density at radius 3 is 2.39 bits per heavy atom. The van der Waals surface area contributed by atoms with E-state index < -0.39 is 11.7 Å². The molecule has 0 amide bonds. The van der Waals surface area contributed by atoms with Crippen molar-refractivity contribution in [2.24, 2.45) is 5.92 Å². The van der Waals surface area contributed by atoms with Crippen molar-refractivity contribution in [3.8, 4) is 0 Å². The maximum atomic E-state index is 12.7. The summed E-state index contributed by atoms with van der Waals surface area (Å²) in [6.07, 6.45) is -1.63. The Hall–Kier alpha value is -1.25. The van der Waals surface area contributed by atoms with E-state index in [1.807, 2.05) is 26.8 Å². The molecule has 0 heterocycles. The second-order valence-electron chi connectivity index (χ2n) is 4.92. The van der Waals surface area contributed by atoms with Crippen LogP contribution in [0.25, 0.3) is 0 Å². The van der Waals surface area contributed by atoms with Crippen molar-refractivity contribution >= 4 is 0 Å². The first-order valence-corrected chi connectivity index (χ1v) is 6.06. The van der Waals surface area contributed by atoms with Gasteiger partial charge in [-0.25, -0.2) is 0 Å². The van der Waals surface area contributed by atoms with E-state index in [2.05, 4.69) is 6.58 Å². The van der Waals surface area contributed by atoms with Crippen molar-refractivity contribution < 1.29 is 13.2 Å². The van der Waals surface area contributed by atoms with Crippen LogP contribution in [0.15, 0.2) is 30.9 Å². The number of benzene rings is 1. The Labute approximate surface area is 107 Å². The fraction of sp³-hybridized carbons (Fsp3) is 0.467. The molecule has 1 aromatic carbocycles. The van der Waals surface area contributed by atoms with Crippen molar-refractivity contribution in [2.45, 2.75) is 39.3 Å². The molecule has 0 saturated carbocycles. The molecule has 0 N–H and O–H groups in total. The van der Waals surface area contributed by atoms with E-state index in [0.29, 0.717) is 5.92 Å². The number of allylic oxidation sites excluding steroid dienone is 1. The lowest BCUT2D eigenvalue weighted by Gasteiger charge is -2.19. The Balaban J connectivity index is 3.04. The van der Waals surface area contributed by atoms with E-state index in [4.69, 9.17) is 0 Å². The highest BCUT2D eigenvalue weighted by Crippen LogP contribution is 2.34. The topological polar surface area (TPSA) is 0 Å². The van der Waals surface area contributed by atoms with Gasteiger partial charge in [-0.2, -0.15) is 13.2 Å². The number of aryl methyl sites for hydroxylation is 1. The minimum atomic E-state index is -4.27. The molecule has 0 aliphatic heterocycles. The smallest absolute Gasteiger partial charge is 0.166 e. The zero-order valence-electron chi connectivity index (χ0n) is 11.0. The number of halogens is 3. The first-order chi connectivity index (χ1) is 8.25. The molecule has 3 heteroatoms. The highest BCUT2D eigenvalue weighted by molar-refractivity contribution is 5.35. The molecule has 18 heavy (non-hydrogen) atoms. The Kier molecular flexibility index (Phi) is 4.60. The maximum absolute atomic E-state index is 12.7. The van der Waals surface area contributed by atoms with Crippen molar-refractivity contribution in [3.05, 3.63) is 47.5 Å². The second kappa shape index (κ2) is 5.59. The fourth-order valence-corrected chi connectivity index (χ4v) is 2.13. The molecule has 0 nitrogen and oxygen atoms in total. The van der Waals surface area contributed by atoms with Gasteiger partial charge in [0.05, 0.1) is 5.56 Å². The van der Waals surface area contributed by atoms with E-state index in [1.165, 1.54) is 6.07 Å². The lowest BCUT2D eigenvalue weighted by Crippen LogP contribution is -2.08. The first kappa shape index (κ1) is 14.8. The van der Waals surface area contributed by atoms with Crippen molar-refractivity contribution in [1.29, 1.82) is 0 Å². The summed E-state index contributed by atoms with van der Waals surface area (Å²) in [5.41, 5.74) is 1.12. The summed E-state index contributed by atoms with van der Waals surface area (Å²) in [6, 6.07) is 3.96. The van der Waals surface area contributed by atoms with Crippen molar-refractivity contribution in [1.82, 2.24) is 0 Å². The van der Waals surface area contributed by atoms with Crippen LogP contribution in [0, 0.1) is 12.8 Å². The van der Waals surface area contributed by atoms with Gasteiger partial charge in [0.2, 0.25) is 0 Å². The largest absolute Gasteiger partial charge is 0.416 e. The molecule has 0 fully saturated rings. The molecule has 0 aliphatic rings. The molecule has 2 unspecified atom stereocenters. The molecule has 0 spiro atoms. The van der Waals surface area contributed by atoms with Crippen LogP contribution < -0.4 is 0 Å². The zero-order chi connectivity index (χ0) is 13.9. The van der Waals surface area contributed by atoms with E-state index in [0.717, 1.165) is 23.6 Å². The van der Waals surface area contributed by atoms with Crippen LogP contribution in [0.2, 0.25) is 0 Å². The molecule has 0 aliphatic carbocycles. The van der Waals surface area contributed by atoms with Gasteiger partial charge in [0.15, 0.2) is 0 Å². The van der Waals surface area contributed by atoms with Crippen LogP contribution in [-0.4, -0.2) is 0 Å². The van der Waals surface area contributed by atoms with E-state index in [1.54, 1.807) is 6.07 Å². The average Bonchev–Trinajstić information content (AvgIpc) is 2.27. The van der Waals surface area contributed by atoms with E-state index in [9.17, 15) is 13.2 Å². The summed E-state index contributed by atoms with van der Waals surface area (Å²) in [4.78, 5) is 0. The summed E-state index contributed by atoms with van der Waals surface area (Å²) in [5.74, 6) is 0.397. The summed E-state index contributed by atoms with van der Waals surface area (Å²) in [7, 11) is 0. The van der Waals surface area contributed by atoms with Gasteiger partial charge in [0, 0.05) is 0 Å². The number of rotatable bonds is 4. The molecule has 0 aromatic heterocycles. The van der Waals surface area contributed by atoms with Crippen LogP contribution in [0.5, 0.6) is 0 Å². The molecule has 1 rings (SSSR count). The van der Waals surface area contributed by atoms with Crippen LogP contribution in [-0.2, 0) is 6.18 Å². The molecule has 0 bridgehead atoms. The Bertz CT molecular complexity index is 418. The number of alkyl halides is 3. The minimum absolute atomic E-state index is 0.0975. The zero-order valence-corrected chi connectivity index (χ0v) is 11.0. The van der Waals surface area contributed by atoms with Crippen molar-refractivity contribution in [2.75, 3.05) is 0 Å². The third-order valence-electron chi connectivity index (χ3n) is 3.27. The molecule has 0 radical (unpaired) electrons. The standard InChI is InChI=1S/C15H19F3/c1-5-10(2)8-12(4)14-9-13(15(16,17)18)7-6-11(14)3/h5-7,9-10,12H,1,8H2,2-4H3. The first-order valence-electron chi connectivity index (χ1n) is 6.06. The van der Waals surface area contributed by atoms with Crippen LogP contribution in [0.4, 0.5) is 13.2 Å². The van der Waals surface area contributed by atoms with Crippen LogP contribution in [0.3, 0.4) is 0 Å². The lowest BCUT2D eigenvalue weighted by molar-refractivity contribution is -0.137. The lowest BCUT2D eigenvalue weighted by atomic mass is 9.87. The molecule has 100 valence electrons. The van der Waals surface area contributed by atoms with Crippen LogP contribution in [0.1, 0.15) is 42.9 Å². The SMILES string of the molecule is C=CC(C)CC(C)c1cc(C(F)(F)F)ccc1C. The highest BCUT2D eigenvalue weighted by atomic mass is 19.4. The van der Waals surface area contributed by atoms with Gasteiger partial charge in [-0.3, -0.25) is 0 Å². The monoisotopic (exact) mass is 256 g/mol. The fourth-order valence-electron chi connectivity index (χ4n) is 2.13. The predicted molar refractivity (Wildman–Crippen MR) is 68.6 cm³/mol. The minimum Gasteiger partial charge on any atom is -0.166 e. The summed E-state index contributed by atoms with van der Waals surface area (Å²) in [6.45, 7) is 9.54. The summed E-state index contributed by atoms with van der Waals surface area (Å²) >= 11 is 0. The normalized spacial score (nSPS) is 15.2. The van der Waals surface area contributed by atoms with Gasteiger partial charge >= 0.3 is 6.18 Å². The summed E-state index contributed by atoms with van der Waals surface area (Å²) in [5, 5.41) is 0. The number of hydrogen-bond donors (Lipinski definition) is 0. The Morgan fingerprint density at radius 2 is 1.89 bits per heavy atom. The van der Waals surface area contributed by atoms with E-state index in [-0.39, 0.29) is 5.92 Å². The van der Waals surface area contributed by atoms with Crippen molar-refractivity contribution in [3.63, 3.8) is 0 Å². The maximum Gasteiger partial charge on any atom is 0.416 e. The van der Waals surface area contributed by atoms with E-state index >= 15 is 0 Å². The molecule has 1 aromatic rings. The van der Waals surface area contributed by atoms with Gasteiger partial charge in [0.1, 0.15) is 0 Å². The van der Waals surface area contributed by atoms with Gasteiger partial charge in [-0.05, 0) is 48.4 Å². The highest BCUT2D eigenvalue weighted by Gasteiger charge is 2.31. The van der Waals surface area contributed by atoms with Gasteiger partial charge in [-0.15, -0.1) is 6.58 Å². The molecule has 2 atom stereocenters. The summed E-state index contributed by atoms with van der Waals surface area (Å²) < 4.78 is 38.0. The molecular weight excluding hydrogens is 237 g/mol. The molecule has 0 saturated heterocycles. The molecular formula is C15H19F3. The van der Waals surface area contributed by atoms with Crippen LogP contribution >= 0.6 is 0 Å². The van der Waals surface area contributed by atoms with Gasteiger partial charge in [-0.1, -0.05) is 26.0 Å². The average molecular weight is 256 g/mol. The third-order valence-corrected chi connectivity index (χ3v) is 3.27.